The Labute approximate surface area is 165 Å². The molecule has 2 aliphatic heterocycles. The van der Waals surface area contributed by atoms with Crippen LogP contribution in [0.25, 0.3) is 0 Å². The van der Waals surface area contributed by atoms with Crippen LogP contribution in [0.15, 0.2) is 10.2 Å². The highest BCUT2D eigenvalue weighted by atomic mass is 16.5. The zero-order valence-electron chi connectivity index (χ0n) is 16.5. The summed E-state index contributed by atoms with van der Waals surface area (Å²) in [7, 11) is 0. The monoisotopic (exact) mass is 385 g/mol. The fraction of sp³-hybridized carbons (Fsp3) is 0.650. The summed E-state index contributed by atoms with van der Waals surface area (Å²) in [6.45, 7) is 5.29. The molecular weight excluding hydrogens is 358 g/mol. The number of aromatic nitrogens is 2. The van der Waals surface area contributed by atoms with Crippen molar-refractivity contribution in [2.45, 2.75) is 64.0 Å². The molecule has 3 rings (SSSR count). The van der Waals surface area contributed by atoms with Crippen LogP contribution in [0.5, 0.6) is 0 Å². The Hall–Kier alpha value is -2.69. The van der Waals surface area contributed by atoms with Crippen molar-refractivity contribution in [3.8, 4) is 12.3 Å². The van der Waals surface area contributed by atoms with E-state index in [0.717, 1.165) is 30.8 Å². The van der Waals surface area contributed by atoms with Crippen molar-refractivity contribution in [3.05, 3.63) is 17.2 Å². The third-order valence-electron chi connectivity index (χ3n) is 5.40. The van der Waals surface area contributed by atoms with E-state index < -0.39 is 11.6 Å². The number of rotatable bonds is 8. The molecule has 1 aromatic rings. The number of terminal acetylenes is 1. The molecule has 0 spiro atoms. The van der Waals surface area contributed by atoms with Gasteiger partial charge in [0.05, 0.1) is 6.61 Å². The molecule has 1 saturated heterocycles. The minimum atomic E-state index is -0.407. The Morgan fingerprint density at radius 2 is 2.04 bits per heavy atom. The number of nitrogens with one attached hydrogen (secondary N) is 1. The minimum Gasteiger partial charge on any atom is -0.461 e. The first kappa shape index (κ1) is 20.1. The highest BCUT2D eigenvalue weighted by molar-refractivity contribution is 5.88. The number of esters is 1. The van der Waals surface area contributed by atoms with Gasteiger partial charge in [-0.2, -0.15) is 10.2 Å². The summed E-state index contributed by atoms with van der Waals surface area (Å²) in [5.74, 6) is 3.35. The molecule has 1 fully saturated rings. The second-order valence-electron chi connectivity index (χ2n) is 7.36. The van der Waals surface area contributed by atoms with Gasteiger partial charge in [-0.15, -0.1) is 12.3 Å². The van der Waals surface area contributed by atoms with Gasteiger partial charge in [0.2, 0.25) is 5.91 Å². The number of likely N-dealkylation sites (tertiary alicyclic amines) is 1. The normalized spacial score (nSPS) is 18.0. The van der Waals surface area contributed by atoms with Gasteiger partial charge in [-0.1, -0.05) is 0 Å². The first-order valence-electron chi connectivity index (χ1n) is 9.87. The van der Waals surface area contributed by atoms with Crippen LogP contribution in [0.2, 0.25) is 0 Å². The molecule has 150 valence electrons. The molecule has 0 atom stereocenters. The van der Waals surface area contributed by atoms with Crippen LogP contribution in [0.4, 0.5) is 0 Å². The number of hydrogen-bond acceptors (Lipinski definition) is 6. The Morgan fingerprint density at radius 1 is 1.32 bits per heavy atom. The molecule has 0 bridgehead atoms. The van der Waals surface area contributed by atoms with Crippen LogP contribution in [-0.2, 0) is 9.53 Å². The predicted molar refractivity (Wildman–Crippen MR) is 103 cm³/mol. The van der Waals surface area contributed by atoms with E-state index >= 15 is 0 Å². The summed E-state index contributed by atoms with van der Waals surface area (Å²) in [5, 5.41) is 8.17. The van der Waals surface area contributed by atoms with E-state index in [1.807, 2.05) is 11.8 Å². The smallest absolute Gasteiger partial charge is 0.358 e. The second-order valence-corrected chi connectivity index (χ2v) is 7.36. The van der Waals surface area contributed by atoms with Gasteiger partial charge in [-0.25, -0.2) is 9.78 Å². The Balaban J connectivity index is 1.48. The second kappa shape index (κ2) is 8.55. The van der Waals surface area contributed by atoms with Crippen molar-refractivity contribution in [1.82, 2.24) is 14.9 Å². The number of H-pyrrole nitrogens is 1. The fourth-order valence-electron chi connectivity index (χ4n) is 3.61. The zero-order chi connectivity index (χ0) is 20.1. The molecule has 8 nitrogen and oxygen atoms in total. The topological polar surface area (TPSA) is 100 Å². The molecule has 1 aromatic heterocycles. The van der Waals surface area contributed by atoms with Gasteiger partial charge in [-0.3, -0.25) is 4.79 Å². The maximum absolute atomic E-state index is 12.5. The summed E-state index contributed by atoms with van der Waals surface area (Å²) in [6.07, 6.45) is 9.35. The van der Waals surface area contributed by atoms with Crippen LogP contribution in [0, 0.1) is 19.3 Å². The molecule has 3 heterocycles. The number of aromatic amines is 1. The number of aryl methyl sites for hydroxylation is 1. The Kier molecular flexibility index (Phi) is 6.12. The average molecular weight is 385 g/mol. The predicted octanol–water partition coefficient (Wildman–Crippen LogP) is 2.96. The third kappa shape index (κ3) is 4.58. The quantitative estimate of drug-likeness (QED) is 0.549. The molecule has 2 aliphatic rings. The number of hydrogen-bond donors (Lipinski definition) is 1. The molecule has 0 radical (unpaired) electrons. The van der Waals surface area contributed by atoms with E-state index in [1.54, 1.807) is 6.92 Å². The largest absolute Gasteiger partial charge is 0.461 e. The van der Waals surface area contributed by atoms with Crippen LogP contribution >= 0.6 is 0 Å². The van der Waals surface area contributed by atoms with Crippen LogP contribution < -0.4 is 0 Å². The summed E-state index contributed by atoms with van der Waals surface area (Å²) in [6, 6.07) is 0. The number of carbonyl (C=O) groups is 2. The van der Waals surface area contributed by atoms with Gasteiger partial charge in [0, 0.05) is 50.4 Å². The lowest BCUT2D eigenvalue weighted by Gasteiger charge is -2.31. The van der Waals surface area contributed by atoms with Gasteiger partial charge in [0.15, 0.2) is 11.4 Å². The summed E-state index contributed by atoms with van der Waals surface area (Å²) in [5.41, 5.74) is 0.668. The molecule has 0 aromatic carbocycles. The molecule has 0 unspecified atom stereocenters. The Bertz CT molecular complexity index is 793. The van der Waals surface area contributed by atoms with Crippen molar-refractivity contribution >= 4 is 11.9 Å². The van der Waals surface area contributed by atoms with Crippen LogP contribution in [-0.4, -0.2) is 52.1 Å². The molecule has 0 aliphatic carbocycles. The molecular formula is C20H27N5O3. The van der Waals surface area contributed by atoms with Gasteiger partial charge in [0.1, 0.15) is 5.82 Å². The van der Waals surface area contributed by atoms with E-state index in [2.05, 4.69) is 26.1 Å². The highest BCUT2D eigenvalue weighted by Gasteiger charge is 2.40. The van der Waals surface area contributed by atoms with Gasteiger partial charge in [0.25, 0.3) is 0 Å². The number of imidazole rings is 1. The van der Waals surface area contributed by atoms with E-state index in [0.29, 0.717) is 44.7 Å². The molecule has 1 N–H and O–H groups in total. The number of nitrogens with zero attached hydrogens (tertiary/aromatic N) is 4. The molecule has 28 heavy (non-hydrogen) atoms. The number of carbonyl (C=O) groups excluding carboxylic acids is 2. The summed E-state index contributed by atoms with van der Waals surface area (Å²) in [4.78, 5) is 34.0. The van der Waals surface area contributed by atoms with E-state index in [4.69, 9.17) is 11.2 Å². The van der Waals surface area contributed by atoms with Crippen molar-refractivity contribution in [3.63, 3.8) is 0 Å². The zero-order valence-corrected chi connectivity index (χ0v) is 16.5. The lowest BCUT2D eigenvalue weighted by Crippen LogP contribution is -2.38. The lowest BCUT2D eigenvalue weighted by atomic mass is 9.95. The maximum Gasteiger partial charge on any atom is 0.358 e. The fourth-order valence-corrected chi connectivity index (χ4v) is 3.61. The summed E-state index contributed by atoms with van der Waals surface area (Å²) >= 11 is 0. The SMILES string of the molecule is C#CCCC1(CCC(=O)N2CCC(c3nc(C(=O)OCC)c(C)[nH]3)CC2)N=N1. The van der Waals surface area contributed by atoms with Crippen molar-refractivity contribution in [2.24, 2.45) is 10.2 Å². The van der Waals surface area contributed by atoms with E-state index in [9.17, 15) is 9.59 Å². The van der Waals surface area contributed by atoms with E-state index in [1.165, 1.54) is 0 Å². The van der Waals surface area contributed by atoms with Crippen LogP contribution in [0.1, 0.15) is 73.4 Å². The number of piperidine rings is 1. The third-order valence-corrected chi connectivity index (χ3v) is 5.40. The van der Waals surface area contributed by atoms with Gasteiger partial charge >= 0.3 is 5.97 Å². The van der Waals surface area contributed by atoms with Gasteiger partial charge < -0.3 is 14.6 Å². The maximum atomic E-state index is 12.5. The van der Waals surface area contributed by atoms with Crippen molar-refractivity contribution in [1.29, 1.82) is 0 Å². The standard InChI is InChI=1S/C20H27N5O3/c1-4-6-10-20(23-24-20)11-7-16(26)25-12-8-15(9-13-25)18-21-14(3)17(22-18)19(27)28-5-2/h1,15H,5-13H2,2-3H3,(H,21,22). The van der Waals surface area contributed by atoms with Crippen molar-refractivity contribution < 1.29 is 14.3 Å². The summed E-state index contributed by atoms with van der Waals surface area (Å²) < 4.78 is 5.04. The van der Waals surface area contributed by atoms with E-state index in [-0.39, 0.29) is 11.8 Å². The lowest BCUT2D eigenvalue weighted by molar-refractivity contribution is -0.132. The van der Waals surface area contributed by atoms with Crippen molar-refractivity contribution in [2.75, 3.05) is 19.7 Å². The average Bonchev–Trinajstić information content (AvgIpc) is 3.37. The van der Waals surface area contributed by atoms with Crippen LogP contribution in [0.3, 0.4) is 0 Å². The number of amides is 1. The van der Waals surface area contributed by atoms with Gasteiger partial charge in [-0.05, 0) is 26.7 Å². The minimum absolute atomic E-state index is 0.138. The molecule has 0 saturated carbocycles. The highest BCUT2D eigenvalue weighted by Crippen LogP contribution is 2.38. The first-order chi connectivity index (χ1) is 13.5. The Morgan fingerprint density at radius 3 is 2.64 bits per heavy atom. The number of ether oxygens (including phenoxy) is 1. The first-order valence-corrected chi connectivity index (χ1v) is 9.87. The molecule has 1 amide bonds. The molecule has 8 heteroatoms.